The minimum atomic E-state index is -4.17. The Morgan fingerprint density at radius 1 is 0.851 bits per heavy atom. The minimum absolute atomic E-state index is 0.0272. The molecule has 2 amide bonds. The van der Waals surface area contributed by atoms with Crippen LogP contribution < -0.4 is 9.62 Å². The number of carbonyl (C=O) groups excluding carboxylic acids is 2. The Kier molecular flexibility index (Phi) is 11.0. The molecule has 0 spiro atoms. The molecular weight excluding hydrogens is 630 g/mol. The largest absolute Gasteiger partial charge is 0.352 e. The monoisotopic (exact) mass is 671 g/mol. The van der Waals surface area contributed by atoms with Crippen molar-refractivity contribution in [2.45, 2.75) is 76.4 Å². The molecule has 1 saturated carbocycles. The van der Waals surface area contributed by atoms with Gasteiger partial charge in [-0.15, -0.1) is 0 Å². The first-order chi connectivity index (χ1) is 22.5. The lowest BCUT2D eigenvalue weighted by Gasteiger charge is -2.34. The number of nitrogens with zero attached hydrogens (tertiary/aromatic N) is 2. The average molecular weight is 672 g/mol. The molecule has 0 saturated heterocycles. The van der Waals surface area contributed by atoms with E-state index >= 15 is 0 Å². The van der Waals surface area contributed by atoms with Gasteiger partial charge in [0, 0.05) is 24.0 Å². The van der Waals surface area contributed by atoms with Crippen LogP contribution in [0.1, 0.15) is 53.5 Å². The van der Waals surface area contributed by atoms with Crippen LogP contribution in [-0.4, -0.2) is 43.8 Å². The summed E-state index contributed by atoms with van der Waals surface area (Å²) in [5.74, 6) is -0.776. The van der Waals surface area contributed by atoms with Crippen LogP contribution in [0.15, 0.2) is 102 Å². The van der Waals surface area contributed by atoms with Gasteiger partial charge in [-0.1, -0.05) is 96.7 Å². The number of carbonyl (C=O) groups is 2. The molecule has 1 aliphatic carbocycles. The summed E-state index contributed by atoms with van der Waals surface area (Å²) >= 11 is 6.61. The molecule has 246 valence electrons. The summed E-state index contributed by atoms with van der Waals surface area (Å²) in [6.45, 7) is 5.26. The Morgan fingerprint density at radius 2 is 1.51 bits per heavy atom. The van der Waals surface area contributed by atoms with E-state index in [1.807, 2.05) is 75.4 Å². The summed E-state index contributed by atoms with van der Waals surface area (Å²) in [5.41, 5.74) is 4.72. The number of benzene rings is 4. The van der Waals surface area contributed by atoms with Crippen LogP contribution in [0, 0.1) is 20.8 Å². The molecule has 1 unspecified atom stereocenters. The predicted molar refractivity (Wildman–Crippen MR) is 188 cm³/mol. The van der Waals surface area contributed by atoms with Gasteiger partial charge in [0.2, 0.25) is 11.8 Å². The maximum atomic E-state index is 14.7. The zero-order valence-electron chi connectivity index (χ0n) is 27.2. The Labute approximate surface area is 283 Å². The third-order valence-electron chi connectivity index (χ3n) is 8.94. The fourth-order valence-electron chi connectivity index (χ4n) is 5.98. The number of aryl methyl sites for hydroxylation is 3. The molecule has 0 aromatic heterocycles. The molecule has 1 N–H and O–H groups in total. The summed E-state index contributed by atoms with van der Waals surface area (Å²) in [5, 5.41) is 3.65. The van der Waals surface area contributed by atoms with Gasteiger partial charge in [0.1, 0.15) is 12.6 Å². The van der Waals surface area contributed by atoms with E-state index in [1.165, 1.54) is 4.90 Å². The van der Waals surface area contributed by atoms with Crippen LogP contribution in [0.25, 0.3) is 0 Å². The van der Waals surface area contributed by atoms with E-state index in [0.717, 1.165) is 52.2 Å². The van der Waals surface area contributed by atoms with E-state index in [0.29, 0.717) is 16.3 Å². The van der Waals surface area contributed by atoms with E-state index in [1.54, 1.807) is 42.5 Å². The number of rotatable bonds is 12. The first-order valence-electron chi connectivity index (χ1n) is 16.1. The second-order valence-corrected chi connectivity index (χ2v) is 14.7. The number of nitrogens with one attached hydrogen (secondary N) is 1. The molecule has 1 aliphatic rings. The highest BCUT2D eigenvalue weighted by molar-refractivity contribution is 7.92. The van der Waals surface area contributed by atoms with E-state index in [4.69, 9.17) is 11.6 Å². The number of halogens is 1. The highest BCUT2D eigenvalue weighted by Crippen LogP contribution is 2.28. The van der Waals surface area contributed by atoms with Crippen molar-refractivity contribution in [3.05, 3.63) is 130 Å². The van der Waals surface area contributed by atoms with Crippen molar-refractivity contribution in [1.82, 2.24) is 10.2 Å². The molecule has 9 heteroatoms. The van der Waals surface area contributed by atoms with Gasteiger partial charge >= 0.3 is 0 Å². The van der Waals surface area contributed by atoms with Gasteiger partial charge in [0.25, 0.3) is 10.0 Å². The van der Waals surface area contributed by atoms with Crippen molar-refractivity contribution in [2.24, 2.45) is 0 Å². The molecule has 7 nitrogen and oxygen atoms in total. The second-order valence-electron chi connectivity index (χ2n) is 12.4. The third-order valence-corrected chi connectivity index (χ3v) is 11.1. The van der Waals surface area contributed by atoms with Crippen molar-refractivity contribution in [3.8, 4) is 0 Å². The maximum absolute atomic E-state index is 14.7. The smallest absolute Gasteiger partial charge is 0.264 e. The zero-order chi connectivity index (χ0) is 33.6. The van der Waals surface area contributed by atoms with Gasteiger partial charge in [-0.25, -0.2) is 8.42 Å². The van der Waals surface area contributed by atoms with Gasteiger partial charge in [-0.05, 0) is 86.2 Å². The van der Waals surface area contributed by atoms with Gasteiger partial charge in [-0.2, -0.15) is 0 Å². The molecule has 0 heterocycles. The zero-order valence-corrected chi connectivity index (χ0v) is 28.7. The van der Waals surface area contributed by atoms with Crippen LogP contribution in [-0.2, 0) is 32.6 Å². The number of sulfonamides is 1. The number of amides is 2. The summed E-state index contributed by atoms with van der Waals surface area (Å²) < 4.78 is 29.7. The summed E-state index contributed by atoms with van der Waals surface area (Å²) in [4.78, 5) is 30.4. The average Bonchev–Trinajstić information content (AvgIpc) is 3.57. The molecule has 1 atom stereocenters. The molecular formula is C38H42ClN3O4S. The molecule has 0 radical (unpaired) electrons. The third kappa shape index (κ3) is 8.42. The van der Waals surface area contributed by atoms with Crippen molar-refractivity contribution in [3.63, 3.8) is 0 Å². The molecule has 1 fully saturated rings. The van der Waals surface area contributed by atoms with Crippen LogP contribution >= 0.6 is 11.6 Å². The van der Waals surface area contributed by atoms with Gasteiger partial charge in [0.15, 0.2) is 0 Å². The normalized spacial score (nSPS) is 14.0. The second kappa shape index (κ2) is 15.2. The number of hydrogen-bond donors (Lipinski definition) is 1. The Hall–Kier alpha value is -4.14. The standard InChI is InChI=1S/C38H42ClN3O4S/c1-27-17-21-34(22-18-27)47(45,46)42(33-20-19-28(2)29(3)23-33)26-37(43)41(25-31-13-7-10-16-35(31)39)36(24-30-11-5-4-6-12-30)38(44)40-32-14-8-9-15-32/h4-7,10-13,16-23,32,36H,8-9,14-15,24-26H2,1-3H3,(H,40,44). The predicted octanol–water partition coefficient (Wildman–Crippen LogP) is 7.16. The van der Waals surface area contributed by atoms with Crippen molar-refractivity contribution >= 4 is 39.1 Å². The quantitative estimate of drug-likeness (QED) is 0.173. The van der Waals surface area contributed by atoms with Gasteiger partial charge in [-0.3, -0.25) is 13.9 Å². The van der Waals surface area contributed by atoms with E-state index in [-0.39, 0.29) is 29.8 Å². The number of anilines is 1. The molecule has 4 aromatic carbocycles. The number of hydrogen-bond acceptors (Lipinski definition) is 4. The van der Waals surface area contributed by atoms with Crippen LogP contribution in [0.4, 0.5) is 5.69 Å². The minimum Gasteiger partial charge on any atom is -0.352 e. The first-order valence-corrected chi connectivity index (χ1v) is 17.9. The molecule has 47 heavy (non-hydrogen) atoms. The molecule has 5 rings (SSSR count). The topological polar surface area (TPSA) is 86.8 Å². The van der Waals surface area contributed by atoms with Crippen LogP contribution in [0.3, 0.4) is 0 Å². The summed E-state index contributed by atoms with van der Waals surface area (Å²) in [6, 6.07) is 27.8. The first kappa shape index (κ1) is 34.2. The molecule has 4 aromatic rings. The fraction of sp³-hybridized carbons (Fsp3) is 0.316. The Bertz CT molecular complexity index is 1810. The van der Waals surface area contributed by atoms with Crippen molar-refractivity contribution < 1.29 is 18.0 Å². The SMILES string of the molecule is Cc1ccc(S(=O)(=O)N(CC(=O)N(Cc2ccccc2Cl)C(Cc2ccccc2)C(=O)NC2CCCC2)c2ccc(C)c(C)c2)cc1. The van der Waals surface area contributed by atoms with Gasteiger partial charge < -0.3 is 10.2 Å². The van der Waals surface area contributed by atoms with E-state index in [9.17, 15) is 18.0 Å². The lowest BCUT2D eigenvalue weighted by Crippen LogP contribution is -2.54. The van der Waals surface area contributed by atoms with Gasteiger partial charge in [0.05, 0.1) is 10.6 Å². The Balaban J connectivity index is 1.58. The molecule has 0 bridgehead atoms. The Morgan fingerprint density at radius 3 is 2.17 bits per heavy atom. The summed E-state index contributed by atoms with van der Waals surface area (Å²) in [7, 11) is -4.17. The highest BCUT2D eigenvalue weighted by atomic mass is 35.5. The van der Waals surface area contributed by atoms with Crippen LogP contribution in [0.2, 0.25) is 5.02 Å². The van der Waals surface area contributed by atoms with Crippen molar-refractivity contribution in [2.75, 3.05) is 10.8 Å². The van der Waals surface area contributed by atoms with E-state index < -0.39 is 28.5 Å². The van der Waals surface area contributed by atoms with Crippen molar-refractivity contribution in [1.29, 1.82) is 0 Å². The maximum Gasteiger partial charge on any atom is 0.264 e. The molecule has 0 aliphatic heterocycles. The lowest BCUT2D eigenvalue weighted by atomic mass is 10.0. The summed E-state index contributed by atoms with van der Waals surface area (Å²) in [6.07, 6.45) is 4.11. The van der Waals surface area contributed by atoms with Crippen LogP contribution in [0.5, 0.6) is 0 Å². The lowest BCUT2D eigenvalue weighted by molar-refractivity contribution is -0.140. The van der Waals surface area contributed by atoms with E-state index in [2.05, 4.69) is 5.32 Å². The highest BCUT2D eigenvalue weighted by Gasteiger charge is 2.36. The fourth-order valence-corrected chi connectivity index (χ4v) is 7.58.